The Kier molecular flexibility index (Phi) is 3.31. The molecule has 0 bridgehead atoms. The van der Waals surface area contributed by atoms with E-state index in [1.165, 1.54) is 0 Å². The molecule has 0 aliphatic heterocycles. The Labute approximate surface area is 136 Å². The van der Waals surface area contributed by atoms with Gasteiger partial charge in [-0.25, -0.2) is 9.78 Å². The van der Waals surface area contributed by atoms with Crippen molar-refractivity contribution in [3.05, 3.63) is 54.8 Å². The highest BCUT2D eigenvalue weighted by Crippen LogP contribution is 2.22. The van der Waals surface area contributed by atoms with Gasteiger partial charge in [-0.2, -0.15) is 0 Å². The number of urea groups is 1. The largest absolute Gasteiger partial charge is 0.441 e. The lowest BCUT2D eigenvalue weighted by molar-refractivity contribution is 0.262. The minimum atomic E-state index is -0.359. The van der Waals surface area contributed by atoms with Crippen LogP contribution in [0.2, 0.25) is 0 Å². The number of carbonyl (C=O) groups excluding carboxylic acids is 1. The fourth-order valence-electron chi connectivity index (χ4n) is 2.50. The van der Waals surface area contributed by atoms with E-state index >= 15 is 0 Å². The first-order chi connectivity index (χ1) is 11.7. The van der Waals surface area contributed by atoms with E-state index in [1.54, 1.807) is 55.8 Å². The van der Waals surface area contributed by atoms with E-state index in [0.717, 1.165) is 16.4 Å². The summed E-state index contributed by atoms with van der Waals surface area (Å²) >= 11 is 0. The van der Waals surface area contributed by atoms with Gasteiger partial charge in [0.05, 0.1) is 11.2 Å². The van der Waals surface area contributed by atoms with Crippen molar-refractivity contribution in [1.82, 2.24) is 15.0 Å². The molecule has 0 saturated heterocycles. The average molecular weight is 319 g/mol. The van der Waals surface area contributed by atoms with E-state index in [-0.39, 0.29) is 6.03 Å². The van der Waals surface area contributed by atoms with Crippen LogP contribution in [0.25, 0.3) is 22.0 Å². The van der Waals surface area contributed by atoms with E-state index < -0.39 is 0 Å². The maximum absolute atomic E-state index is 12.3. The van der Waals surface area contributed by atoms with Gasteiger partial charge in [0.2, 0.25) is 0 Å². The highest BCUT2D eigenvalue weighted by Gasteiger charge is 2.08. The maximum atomic E-state index is 12.3. The fraction of sp³-hybridized carbons (Fsp3) is 0.0588. The number of anilines is 2. The Morgan fingerprint density at radius 2 is 2.00 bits per heavy atom. The lowest BCUT2D eigenvalue weighted by Gasteiger charge is -2.09. The second-order valence-electron chi connectivity index (χ2n) is 5.25. The first kappa shape index (κ1) is 14.1. The molecule has 0 fully saturated rings. The molecule has 3 heterocycles. The number of hydrogen-bond acceptors (Lipinski definition) is 5. The molecule has 0 aliphatic rings. The molecule has 0 unspecified atom stereocenters. The Bertz CT molecular complexity index is 1050. The molecule has 2 amide bonds. The number of benzene rings is 1. The highest BCUT2D eigenvalue weighted by atomic mass is 16.3. The van der Waals surface area contributed by atoms with Crippen LogP contribution in [-0.2, 0) is 0 Å². The average Bonchev–Trinajstić information content (AvgIpc) is 2.94. The molecule has 1 aromatic carbocycles. The van der Waals surface area contributed by atoms with Gasteiger partial charge in [0.1, 0.15) is 5.52 Å². The van der Waals surface area contributed by atoms with Gasteiger partial charge in [-0.1, -0.05) is 0 Å². The molecule has 4 rings (SSSR count). The van der Waals surface area contributed by atoms with Crippen LogP contribution >= 0.6 is 0 Å². The van der Waals surface area contributed by atoms with E-state index in [4.69, 9.17) is 4.42 Å². The van der Waals surface area contributed by atoms with Crippen molar-refractivity contribution in [1.29, 1.82) is 0 Å². The number of nitrogens with one attached hydrogen (secondary N) is 2. The van der Waals surface area contributed by atoms with Gasteiger partial charge in [-0.15, -0.1) is 0 Å². The molecule has 3 aromatic heterocycles. The summed E-state index contributed by atoms with van der Waals surface area (Å²) < 4.78 is 5.47. The summed E-state index contributed by atoms with van der Waals surface area (Å²) in [6.45, 7) is 1.78. The number of pyridine rings is 2. The molecule has 24 heavy (non-hydrogen) atoms. The topological polar surface area (TPSA) is 92.9 Å². The first-order valence-electron chi connectivity index (χ1n) is 7.33. The number of rotatable bonds is 2. The summed E-state index contributed by atoms with van der Waals surface area (Å²) in [7, 11) is 0. The monoisotopic (exact) mass is 319 g/mol. The quantitative estimate of drug-likeness (QED) is 0.587. The first-order valence-corrected chi connectivity index (χ1v) is 7.33. The van der Waals surface area contributed by atoms with Crippen LogP contribution in [0.4, 0.5) is 16.2 Å². The van der Waals surface area contributed by atoms with Gasteiger partial charge in [-0.05, 0) is 24.3 Å². The second-order valence-corrected chi connectivity index (χ2v) is 5.25. The zero-order valence-electron chi connectivity index (χ0n) is 12.8. The fourth-order valence-corrected chi connectivity index (χ4v) is 2.50. The van der Waals surface area contributed by atoms with E-state index in [0.29, 0.717) is 22.8 Å². The van der Waals surface area contributed by atoms with Gasteiger partial charge in [-0.3, -0.25) is 9.97 Å². The number of aryl methyl sites for hydroxylation is 1. The van der Waals surface area contributed by atoms with Crippen molar-refractivity contribution >= 4 is 39.4 Å². The van der Waals surface area contributed by atoms with E-state index in [9.17, 15) is 4.79 Å². The zero-order valence-corrected chi connectivity index (χ0v) is 12.8. The van der Waals surface area contributed by atoms with Crippen molar-refractivity contribution < 1.29 is 9.21 Å². The summed E-state index contributed by atoms with van der Waals surface area (Å²) in [5.74, 6) is 0.586. The number of nitrogens with zero attached hydrogens (tertiary/aromatic N) is 3. The number of aromatic nitrogens is 3. The SMILES string of the molecule is Cc1nc2ccc(NC(=O)Nc3ccnc4ccncc34)cc2o1. The molecule has 0 atom stereocenters. The number of carbonyl (C=O) groups is 1. The molecular formula is C17H13N5O2. The second kappa shape index (κ2) is 5.62. The molecule has 2 N–H and O–H groups in total. The summed E-state index contributed by atoms with van der Waals surface area (Å²) in [5.41, 5.74) is 3.41. The van der Waals surface area contributed by atoms with Crippen molar-refractivity contribution in [2.75, 3.05) is 10.6 Å². The minimum absolute atomic E-state index is 0.359. The lowest BCUT2D eigenvalue weighted by Crippen LogP contribution is -2.19. The minimum Gasteiger partial charge on any atom is -0.441 e. The number of amides is 2. The predicted molar refractivity (Wildman–Crippen MR) is 90.9 cm³/mol. The zero-order chi connectivity index (χ0) is 16.5. The molecule has 0 radical (unpaired) electrons. The molecule has 7 heteroatoms. The predicted octanol–water partition coefficient (Wildman–Crippen LogP) is 3.72. The molecule has 0 spiro atoms. The van der Waals surface area contributed by atoms with Crippen LogP contribution in [0.5, 0.6) is 0 Å². The number of oxazole rings is 1. The lowest BCUT2D eigenvalue weighted by atomic mass is 10.2. The van der Waals surface area contributed by atoms with Gasteiger partial charge in [0.15, 0.2) is 11.5 Å². The third-order valence-corrected chi connectivity index (χ3v) is 3.54. The van der Waals surface area contributed by atoms with Crippen LogP contribution in [0.1, 0.15) is 5.89 Å². The smallest absolute Gasteiger partial charge is 0.323 e. The molecule has 7 nitrogen and oxygen atoms in total. The third kappa shape index (κ3) is 2.63. The van der Waals surface area contributed by atoms with Gasteiger partial charge in [0, 0.05) is 42.7 Å². The normalized spacial score (nSPS) is 10.9. The maximum Gasteiger partial charge on any atom is 0.323 e. The van der Waals surface area contributed by atoms with Gasteiger partial charge >= 0.3 is 6.03 Å². The van der Waals surface area contributed by atoms with Gasteiger partial charge < -0.3 is 15.1 Å². The van der Waals surface area contributed by atoms with Crippen molar-refractivity contribution in [2.45, 2.75) is 6.92 Å². The Morgan fingerprint density at radius 1 is 1.08 bits per heavy atom. The van der Waals surface area contributed by atoms with E-state index in [2.05, 4.69) is 25.6 Å². The van der Waals surface area contributed by atoms with Crippen LogP contribution in [0.15, 0.2) is 53.3 Å². The summed E-state index contributed by atoms with van der Waals surface area (Å²) in [6, 6.07) is 8.47. The molecule has 0 saturated carbocycles. The van der Waals surface area contributed by atoms with E-state index in [1.807, 2.05) is 0 Å². The number of hydrogen-bond donors (Lipinski definition) is 2. The van der Waals surface area contributed by atoms with Crippen LogP contribution < -0.4 is 10.6 Å². The van der Waals surface area contributed by atoms with Crippen molar-refractivity contribution in [2.24, 2.45) is 0 Å². The Balaban J connectivity index is 1.56. The molecule has 0 aliphatic carbocycles. The summed E-state index contributed by atoms with van der Waals surface area (Å²) in [5, 5.41) is 6.36. The number of fused-ring (bicyclic) bond motifs is 2. The Hall–Kier alpha value is -3.48. The highest BCUT2D eigenvalue weighted by molar-refractivity contribution is 6.05. The molecule has 4 aromatic rings. The molecule has 118 valence electrons. The van der Waals surface area contributed by atoms with Crippen LogP contribution in [0, 0.1) is 6.92 Å². The van der Waals surface area contributed by atoms with Crippen molar-refractivity contribution in [3.8, 4) is 0 Å². The molecular weight excluding hydrogens is 306 g/mol. The standard InChI is InChI=1S/C17H13N5O2/c1-10-20-15-3-2-11(8-16(15)24-10)21-17(23)22-14-5-7-19-13-4-6-18-9-12(13)14/h2-9H,1H3,(H2,19,21,22,23). The van der Waals surface area contributed by atoms with Crippen LogP contribution in [-0.4, -0.2) is 21.0 Å². The van der Waals surface area contributed by atoms with Crippen molar-refractivity contribution in [3.63, 3.8) is 0 Å². The van der Waals surface area contributed by atoms with Gasteiger partial charge in [0.25, 0.3) is 0 Å². The summed E-state index contributed by atoms with van der Waals surface area (Å²) in [4.78, 5) is 24.8. The summed E-state index contributed by atoms with van der Waals surface area (Å²) in [6.07, 6.45) is 4.97. The Morgan fingerprint density at radius 3 is 2.92 bits per heavy atom. The third-order valence-electron chi connectivity index (χ3n) is 3.54. The van der Waals surface area contributed by atoms with Crippen LogP contribution in [0.3, 0.4) is 0 Å².